The second kappa shape index (κ2) is 5.81. The molecule has 1 rings (SSSR count). The van der Waals surface area contributed by atoms with Gasteiger partial charge in [0.25, 0.3) is 0 Å². The summed E-state index contributed by atoms with van der Waals surface area (Å²) < 4.78 is 38.4. The molecular formula is C12H13F3N2O3. The summed E-state index contributed by atoms with van der Waals surface area (Å²) in [6.45, 7) is 1.58. The van der Waals surface area contributed by atoms with Crippen LogP contribution in [0, 0.1) is 0 Å². The second-order valence-electron chi connectivity index (χ2n) is 4.07. The number of nitrogens with two attached hydrogens (primary N) is 1. The van der Waals surface area contributed by atoms with Crippen molar-refractivity contribution in [3.63, 3.8) is 0 Å². The molecule has 20 heavy (non-hydrogen) atoms. The van der Waals surface area contributed by atoms with E-state index in [0.29, 0.717) is 6.07 Å². The van der Waals surface area contributed by atoms with Crippen molar-refractivity contribution in [1.82, 2.24) is 0 Å². The number of aliphatic carboxylic acids is 1. The minimum absolute atomic E-state index is 0.0448. The lowest BCUT2D eigenvalue weighted by atomic mass is 10.0. The van der Waals surface area contributed by atoms with Crippen LogP contribution < -0.4 is 11.1 Å². The Morgan fingerprint density at radius 2 is 2.00 bits per heavy atom. The van der Waals surface area contributed by atoms with Crippen LogP contribution >= 0.6 is 0 Å². The Hall–Kier alpha value is -2.25. The number of amides is 1. The summed E-state index contributed by atoms with van der Waals surface area (Å²) in [6.07, 6.45) is -4.57. The Morgan fingerprint density at radius 3 is 2.40 bits per heavy atom. The Balaban J connectivity index is 3.19. The standard InChI is InChI=1S/C12H13F3N2O3/c1-2-9(11(19)20)17-6-3-4-7(10(16)18)8(5-6)12(13,14)15/h3-5,9,17H,2H2,1H3,(H2,16,18)(H,19,20). The van der Waals surface area contributed by atoms with Gasteiger partial charge >= 0.3 is 12.1 Å². The molecule has 0 aromatic heterocycles. The predicted octanol–water partition coefficient (Wildman–Crippen LogP) is 2.08. The van der Waals surface area contributed by atoms with Crippen LogP contribution in [0.5, 0.6) is 0 Å². The number of carbonyl (C=O) groups excluding carboxylic acids is 1. The summed E-state index contributed by atoms with van der Waals surface area (Å²) >= 11 is 0. The monoisotopic (exact) mass is 290 g/mol. The van der Waals surface area contributed by atoms with Crippen molar-refractivity contribution in [3.05, 3.63) is 29.3 Å². The molecule has 1 unspecified atom stereocenters. The number of halogens is 3. The molecule has 0 heterocycles. The molecule has 5 nitrogen and oxygen atoms in total. The fraction of sp³-hybridized carbons (Fsp3) is 0.333. The number of hydrogen-bond donors (Lipinski definition) is 3. The van der Waals surface area contributed by atoms with E-state index in [1.54, 1.807) is 6.92 Å². The van der Waals surface area contributed by atoms with E-state index in [-0.39, 0.29) is 12.1 Å². The summed E-state index contributed by atoms with van der Waals surface area (Å²) in [5.41, 5.74) is 2.98. The van der Waals surface area contributed by atoms with Gasteiger partial charge in [-0.1, -0.05) is 6.92 Å². The molecule has 0 radical (unpaired) electrons. The summed E-state index contributed by atoms with van der Waals surface area (Å²) in [4.78, 5) is 21.8. The number of carbonyl (C=O) groups is 2. The van der Waals surface area contributed by atoms with E-state index in [9.17, 15) is 22.8 Å². The van der Waals surface area contributed by atoms with E-state index in [1.807, 2.05) is 0 Å². The van der Waals surface area contributed by atoms with Gasteiger partial charge in [-0.15, -0.1) is 0 Å². The minimum atomic E-state index is -4.76. The molecule has 0 aliphatic heterocycles. The molecule has 8 heteroatoms. The Labute approximate surface area is 112 Å². The van der Waals surface area contributed by atoms with Crippen molar-refractivity contribution >= 4 is 17.6 Å². The van der Waals surface area contributed by atoms with Crippen LogP contribution in [0.4, 0.5) is 18.9 Å². The molecule has 4 N–H and O–H groups in total. The first-order chi connectivity index (χ1) is 9.16. The Morgan fingerprint density at radius 1 is 1.40 bits per heavy atom. The average Bonchev–Trinajstić information content (AvgIpc) is 2.34. The number of carboxylic acid groups (broad SMARTS) is 1. The van der Waals surface area contributed by atoms with Crippen molar-refractivity contribution in [2.45, 2.75) is 25.6 Å². The molecule has 1 atom stereocenters. The lowest BCUT2D eigenvalue weighted by molar-refractivity contribution is -0.138. The van der Waals surface area contributed by atoms with Gasteiger partial charge in [0, 0.05) is 5.69 Å². The molecular weight excluding hydrogens is 277 g/mol. The minimum Gasteiger partial charge on any atom is -0.480 e. The fourth-order valence-electron chi connectivity index (χ4n) is 1.62. The maximum Gasteiger partial charge on any atom is 0.417 e. The molecule has 1 amide bonds. The van der Waals surface area contributed by atoms with Crippen molar-refractivity contribution in [3.8, 4) is 0 Å². The van der Waals surface area contributed by atoms with E-state index < -0.39 is 35.2 Å². The van der Waals surface area contributed by atoms with E-state index >= 15 is 0 Å². The molecule has 1 aromatic carbocycles. The van der Waals surface area contributed by atoms with Gasteiger partial charge < -0.3 is 16.2 Å². The van der Waals surface area contributed by atoms with Crippen LogP contribution in [0.1, 0.15) is 29.3 Å². The highest BCUT2D eigenvalue weighted by atomic mass is 19.4. The largest absolute Gasteiger partial charge is 0.480 e. The van der Waals surface area contributed by atoms with Gasteiger partial charge in [0.2, 0.25) is 5.91 Å². The Bertz CT molecular complexity index is 529. The number of alkyl halides is 3. The predicted molar refractivity (Wildman–Crippen MR) is 65.3 cm³/mol. The van der Waals surface area contributed by atoms with Gasteiger partial charge in [-0.2, -0.15) is 13.2 Å². The maximum absolute atomic E-state index is 12.8. The van der Waals surface area contributed by atoms with Crippen LogP contribution in [0.2, 0.25) is 0 Å². The van der Waals surface area contributed by atoms with Gasteiger partial charge in [-0.05, 0) is 24.6 Å². The number of hydrogen-bond acceptors (Lipinski definition) is 3. The third-order valence-corrected chi connectivity index (χ3v) is 2.64. The summed E-state index contributed by atoms with van der Waals surface area (Å²) in [5, 5.41) is 11.3. The van der Waals surface area contributed by atoms with Crippen LogP contribution in [-0.2, 0) is 11.0 Å². The van der Waals surface area contributed by atoms with Crippen LogP contribution in [0.15, 0.2) is 18.2 Å². The zero-order valence-electron chi connectivity index (χ0n) is 10.5. The number of anilines is 1. The number of carboxylic acids is 1. The molecule has 0 fully saturated rings. The molecule has 0 bridgehead atoms. The van der Waals surface area contributed by atoms with Crippen LogP contribution in [-0.4, -0.2) is 23.0 Å². The van der Waals surface area contributed by atoms with Crippen LogP contribution in [0.3, 0.4) is 0 Å². The number of nitrogens with one attached hydrogen (secondary N) is 1. The highest BCUT2D eigenvalue weighted by molar-refractivity contribution is 5.95. The van der Waals surface area contributed by atoms with E-state index in [0.717, 1.165) is 6.07 Å². The third-order valence-electron chi connectivity index (χ3n) is 2.64. The van der Waals surface area contributed by atoms with Crippen molar-refractivity contribution in [1.29, 1.82) is 0 Å². The smallest absolute Gasteiger partial charge is 0.417 e. The SMILES string of the molecule is CCC(Nc1ccc(C(N)=O)c(C(F)(F)F)c1)C(=O)O. The Kier molecular flexibility index (Phi) is 4.59. The van der Waals surface area contributed by atoms with Crippen molar-refractivity contribution in [2.24, 2.45) is 5.73 Å². The zero-order valence-corrected chi connectivity index (χ0v) is 10.5. The topological polar surface area (TPSA) is 92.4 Å². The molecule has 0 aliphatic rings. The molecule has 110 valence electrons. The summed E-state index contributed by atoms with van der Waals surface area (Å²) in [6, 6.07) is 1.75. The number of benzene rings is 1. The highest BCUT2D eigenvalue weighted by Crippen LogP contribution is 2.33. The number of rotatable bonds is 5. The first-order valence-corrected chi connectivity index (χ1v) is 5.67. The van der Waals surface area contributed by atoms with Gasteiger partial charge in [-0.25, -0.2) is 4.79 Å². The van der Waals surface area contributed by atoms with E-state index in [2.05, 4.69) is 5.32 Å². The van der Waals surface area contributed by atoms with Gasteiger partial charge in [0.1, 0.15) is 6.04 Å². The normalized spacial score (nSPS) is 12.8. The fourth-order valence-corrected chi connectivity index (χ4v) is 1.62. The average molecular weight is 290 g/mol. The quantitative estimate of drug-likeness (QED) is 0.774. The molecule has 0 aliphatic carbocycles. The number of primary amides is 1. The lowest BCUT2D eigenvalue weighted by Gasteiger charge is -2.17. The maximum atomic E-state index is 12.8. The molecule has 1 aromatic rings. The summed E-state index contributed by atoms with van der Waals surface area (Å²) in [7, 11) is 0. The van der Waals surface area contributed by atoms with Gasteiger partial charge in [0.05, 0.1) is 11.1 Å². The summed E-state index contributed by atoms with van der Waals surface area (Å²) in [5.74, 6) is -2.38. The zero-order chi connectivity index (χ0) is 15.5. The molecule has 0 saturated heterocycles. The second-order valence-corrected chi connectivity index (χ2v) is 4.07. The first-order valence-electron chi connectivity index (χ1n) is 5.67. The van der Waals surface area contributed by atoms with Crippen molar-refractivity contribution < 1.29 is 27.9 Å². The highest BCUT2D eigenvalue weighted by Gasteiger charge is 2.35. The van der Waals surface area contributed by atoms with E-state index in [4.69, 9.17) is 10.8 Å². The van der Waals surface area contributed by atoms with Crippen LogP contribution in [0.25, 0.3) is 0 Å². The van der Waals surface area contributed by atoms with E-state index in [1.165, 1.54) is 6.07 Å². The first kappa shape index (κ1) is 15.8. The van der Waals surface area contributed by atoms with Gasteiger partial charge in [0.15, 0.2) is 0 Å². The molecule has 0 saturated carbocycles. The van der Waals surface area contributed by atoms with Crippen molar-refractivity contribution in [2.75, 3.05) is 5.32 Å². The van der Waals surface area contributed by atoms with Gasteiger partial charge in [-0.3, -0.25) is 4.79 Å². The third kappa shape index (κ3) is 3.62. The lowest BCUT2D eigenvalue weighted by Crippen LogP contribution is -2.28. The molecule has 0 spiro atoms.